The molecule has 0 spiro atoms. The maximum absolute atomic E-state index is 13.1. The minimum Gasteiger partial charge on any atom is -0.466 e. The molecule has 0 aliphatic carbocycles. The van der Waals surface area contributed by atoms with E-state index in [4.69, 9.17) is 10.5 Å². The van der Waals surface area contributed by atoms with Crippen LogP contribution in [-0.2, 0) is 15.7 Å². The van der Waals surface area contributed by atoms with E-state index < -0.39 is 35.7 Å². The van der Waals surface area contributed by atoms with Gasteiger partial charge < -0.3 is 15.8 Å². The molecular formula is C21H18F3N3O4. The number of amides is 3. The molecule has 0 unspecified atom stereocenters. The van der Waals surface area contributed by atoms with Gasteiger partial charge in [-0.1, -0.05) is 18.2 Å². The first kappa shape index (κ1) is 21.9. The van der Waals surface area contributed by atoms with Crippen LogP contribution in [0.1, 0.15) is 34.5 Å². The van der Waals surface area contributed by atoms with E-state index in [-0.39, 0.29) is 22.5 Å². The van der Waals surface area contributed by atoms with Crippen LogP contribution in [0.3, 0.4) is 0 Å². The van der Waals surface area contributed by atoms with Crippen LogP contribution < -0.4 is 16.0 Å². The van der Waals surface area contributed by atoms with Gasteiger partial charge in [-0.2, -0.15) is 13.2 Å². The van der Waals surface area contributed by atoms with E-state index in [2.05, 4.69) is 5.32 Å². The van der Waals surface area contributed by atoms with E-state index in [0.29, 0.717) is 5.56 Å². The molecule has 3 amide bonds. The van der Waals surface area contributed by atoms with Gasteiger partial charge in [0.05, 0.1) is 30.0 Å². The average molecular weight is 433 g/mol. The number of hydrogen-bond donors (Lipinski definition) is 2. The lowest BCUT2D eigenvalue weighted by atomic mass is 9.94. The van der Waals surface area contributed by atoms with Crippen molar-refractivity contribution in [2.75, 3.05) is 12.0 Å². The van der Waals surface area contributed by atoms with Gasteiger partial charge in [0, 0.05) is 11.3 Å². The summed E-state index contributed by atoms with van der Waals surface area (Å²) < 4.78 is 44.2. The summed E-state index contributed by atoms with van der Waals surface area (Å²) in [5.41, 5.74) is 5.07. The van der Waals surface area contributed by atoms with Crippen molar-refractivity contribution in [3.8, 4) is 0 Å². The molecule has 1 heterocycles. The molecule has 1 atom stereocenters. The highest BCUT2D eigenvalue weighted by atomic mass is 19.4. The van der Waals surface area contributed by atoms with Crippen molar-refractivity contribution >= 4 is 23.6 Å². The maximum atomic E-state index is 13.1. The maximum Gasteiger partial charge on any atom is 0.416 e. The molecule has 0 bridgehead atoms. The molecule has 0 saturated carbocycles. The first-order valence-corrected chi connectivity index (χ1v) is 9.01. The fraction of sp³-hybridized carbons (Fsp3) is 0.190. The van der Waals surface area contributed by atoms with Gasteiger partial charge in [0.15, 0.2) is 0 Å². The van der Waals surface area contributed by atoms with Crippen LogP contribution in [0, 0.1) is 0 Å². The zero-order valence-corrected chi connectivity index (χ0v) is 16.5. The summed E-state index contributed by atoms with van der Waals surface area (Å²) in [5.74, 6) is -1.41. The predicted molar refractivity (Wildman–Crippen MR) is 105 cm³/mol. The Kier molecular flexibility index (Phi) is 5.74. The molecule has 162 valence electrons. The number of esters is 1. The molecule has 0 saturated heterocycles. The smallest absolute Gasteiger partial charge is 0.416 e. The molecule has 0 fully saturated rings. The van der Waals surface area contributed by atoms with Crippen molar-refractivity contribution in [2.24, 2.45) is 5.73 Å². The fourth-order valence-corrected chi connectivity index (χ4v) is 3.34. The molecule has 2 aromatic carbocycles. The van der Waals surface area contributed by atoms with Gasteiger partial charge in [0.1, 0.15) is 0 Å². The van der Waals surface area contributed by atoms with Crippen molar-refractivity contribution in [1.82, 2.24) is 5.32 Å². The second kappa shape index (κ2) is 8.13. The number of carbonyl (C=O) groups excluding carboxylic acids is 3. The largest absolute Gasteiger partial charge is 0.466 e. The average Bonchev–Trinajstić information content (AvgIpc) is 2.72. The van der Waals surface area contributed by atoms with Crippen LogP contribution in [-0.4, -0.2) is 25.0 Å². The summed E-state index contributed by atoms with van der Waals surface area (Å²) in [4.78, 5) is 37.7. The quantitative estimate of drug-likeness (QED) is 0.721. The van der Waals surface area contributed by atoms with Gasteiger partial charge in [-0.25, -0.2) is 9.59 Å². The van der Waals surface area contributed by atoms with Crippen LogP contribution in [0.4, 0.5) is 23.7 Å². The van der Waals surface area contributed by atoms with Crippen LogP contribution in [0.2, 0.25) is 0 Å². The van der Waals surface area contributed by atoms with Crippen LogP contribution >= 0.6 is 0 Å². The third kappa shape index (κ3) is 4.23. The van der Waals surface area contributed by atoms with Gasteiger partial charge in [-0.3, -0.25) is 9.69 Å². The van der Waals surface area contributed by atoms with Crippen molar-refractivity contribution < 1.29 is 32.3 Å². The van der Waals surface area contributed by atoms with E-state index in [9.17, 15) is 27.6 Å². The molecule has 10 heteroatoms. The summed E-state index contributed by atoms with van der Waals surface area (Å²) in [5, 5.41) is 2.61. The van der Waals surface area contributed by atoms with E-state index in [1.807, 2.05) is 0 Å². The number of urea groups is 1. The molecule has 1 aliphatic heterocycles. The highest BCUT2D eigenvalue weighted by Crippen LogP contribution is 2.36. The lowest BCUT2D eigenvalue weighted by Gasteiger charge is -2.35. The number of nitrogens with two attached hydrogens (primary N) is 1. The van der Waals surface area contributed by atoms with Gasteiger partial charge >= 0.3 is 18.2 Å². The molecule has 3 rings (SSSR count). The van der Waals surface area contributed by atoms with Crippen molar-refractivity contribution in [1.29, 1.82) is 0 Å². The zero-order valence-electron chi connectivity index (χ0n) is 16.5. The molecule has 2 aromatic rings. The zero-order chi connectivity index (χ0) is 22.9. The predicted octanol–water partition coefficient (Wildman–Crippen LogP) is 3.52. The summed E-state index contributed by atoms with van der Waals surface area (Å²) >= 11 is 0. The topological polar surface area (TPSA) is 102 Å². The van der Waals surface area contributed by atoms with E-state index in [1.165, 1.54) is 43.3 Å². The normalized spacial score (nSPS) is 16.7. The molecule has 0 aromatic heterocycles. The molecule has 31 heavy (non-hydrogen) atoms. The Hall–Kier alpha value is -3.82. The van der Waals surface area contributed by atoms with Crippen molar-refractivity contribution in [3.63, 3.8) is 0 Å². The number of allylic oxidation sites excluding steroid dienone is 1. The van der Waals surface area contributed by atoms with Gasteiger partial charge in [-0.05, 0) is 42.8 Å². The van der Waals surface area contributed by atoms with Gasteiger partial charge in [0.2, 0.25) is 5.91 Å². The number of methoxy groups -OCH3 is 1. The number of primary amides is 1. The Labute approximate surface area is 175 Å². The van der Waals surface area contributed by atoms with E-state index in [1.54, 1.807) is 0 Å². The number of alkyl halides is 3. The van der Waals surface area contributed by atoms with Crippen molar-refractivity contribution in [3.05, 3.63) is 76.5 Å². The van der Waals surface area contributed by atoms with Gasteiger partial charge in [0.25, 0.3) is 0 Å². The van der Waals surface area contributed by atoms with Crippen LogP contribution in [0.25, 0.3) is 0 Å². The number of halogens is 3. The first-order chi connectivity index (χ1) is 14.5. The SMILES string of the molecule is COC(=O)C1=C(C)N(c2cccc(C(F)(F)F)c2)C(=O)N[C@@H]1c1ccc(C(N)=O)cc1. The second-order valence-electron chi connectivity index (χ2n) is 6.74. The molecule has 7 nitrogen and oxygen atoms in total. The number of nitrogens with zero attached hydrogens (tertiary/aromatic N) is 1. The van der Waals surface area contributed by atoms with Crippen LogP contribution in [0.5, 0.6) is 0 Å². The van der Waals surface area contributed by atoms with Crippen molar-refractivity contribution in [2.45, 2.75) is 19.1 Å². The first-order valence-electron chi connectivity index (χ1n) is 9.01. The fourth-order valence-electron chi connectivity index (χ4n) is 3.34. The molecule has 1 aliphatic rings. The van der Waals surface area contributed by atoms with E-state index >= 15 is 0 Å². The number of nitrogens with one attached hydrogen (secondary N) is 1. The molecular weight excluding hydrogens is 415 g/mol. The summed E-state index contributed by atoms with van der Waals surface area (Å²) in [7, 11) is 1.15. The number of hydrogen-bond acceptors (Lipinski definition) is 4. The Bertz CT molecular complexity index is 1080. The third-order valence-corrected chi connectivity index (χ3v) is 4.85. The summed E-state index contributed by atoms with van der Waals surface area (Å²) in [6, 6.07) is 8.44. The standard InChI is InChI=1S/C21H18F3N3O4/c1-11-16(19(29)31-2)17(12-6-8-13(9-7-12)18(25)28)26-20(30)27(11)15-5-3-4-14(10-15)21(22,23)24/h3-10,17H,1-2H3,(H2,25,28)(H,26,30)/t17-/m1/s1. The highest BCUT2D eigenvalue weighted by molar-refractivity contribution is 6.03. The Morgan fingerprint density at radius 2 is 1.77 bits per heavy atom. The number of benzene rings is 2. The Morgan fingerprint density at radius 3 is 2.32 bits per heavy atom. The Balaban J connectivity index is 2.11. The Morgan fingerprint density at radius 1 is 1.13 bits per heavy atom. The highest BCUT2D eigenvalue weighted by Gasteiger charge is 2.38. The van der Waals surface area contributed by atoms with Crippen LogP contribution in [0.15, 0.2) is 59.8 Å². The third-order valence-electron chi connectivity index (χ3n) is 4.85. The molecule has 3 N–H and O–H groups in total. The number of ether oxygens (including phenoxy) is 1. The second-order valence-corrected chi connectivity index (χ2v) is 6.74. The monoisotopic (exact) mass is 433 g/mol. The number of carbonyl (C=O) groups is 3. The lowest BCUT2D eigenvalue weighted by molar-refractivity contribution is -0.138. The summed E-state index contributed by atoms with van der Waals surface area (Å²) in [6.45, 7) is 1.44. The minimum atomic E-state index is -4.60. The van der Waals surface area contributed by atoms with Gasteiger partial charge in [-0.15, -0.1) is 0 Å². The number of anilines is 1. The van der Waals surface area contributed by atoms with E-state index in [0.717, 1.165) is 24.1 Å². The number of rotatable bonds is 4. The lowest BCUT2D eigenvalue weighted by Crippen LogP contribution is -2.48. The summed E-state index contributed by atoms with van der Waals surface area (Å²) in [6.07, 6.45) is -4.60. The minimum absolute atomic E-state index is 0.0336. The molecule has 0 radical (unpaired) electrons.